The fourth-order valence-electron chi connectivity index (χ4n) is 1.90. The van der Waals surface area contributed by atoms with Crippen molar-refractivity contribution in [3.63, 3.8) is 0 Å². The zero-order chi connectivity index (χ0) is 14.5. The number of amides is 1. The molecule has 0 fully saturated rings. The van der Waals surface area contributed by atoms with E-state index in [1.165, 1.54) is 0 Å². The first kappa shape index (κ1) is 14.4. The number of hydrogen-bond donors (Lipinski definition) is 3. The van der Waals surface area contributed by atoms with E-state index in [4.69, 9.17) is 16.8 Å². The highest BCUT2D eigenvalue weighted by Gasteiger charge is 2.09. The number of para-hydroxylation sites is 1. The highest BCUT2D eigenvalue weighted by Crippen LogP contribution is 2.27. The minimum absolute atomic E-state index is 0.0965. The van der Waals surface area contributed by atoms with E-state index in [9.17, 15) is 4.79 Å². The predicted molar refractivity (Wildman–Crippen MR) is 79.5 cm³/mol. The highest BCUT2D eigenvalue weighted by atomic mass is 35.5. The Labute approximate surface area is 122 Å². The van der Waals surface area contributed by atoms with Crippen LogP contribution in [0.25, 0.3) is 0 Å². The maximum Gasteiger partial charge on any atom is 0.247 e. The first-order valence-corrected chi connectivity index (χ1v) is 6.52. The fraction of sp³-hybridized carbons (Fsp3) is 0.133. The van der Waals surface area contributed by atoms with Gasteiger partial charge in [0.25, 0.3) is 0 Å². The van der Waals surface area contributed by atoms with Gasteiger partial charge in [0, 0.05) is 16.4 Å². The van der Waals surface area contributed by atoms with Crippen molar-refractivity contribution >= 4 is 28.9 Å². The zero-order valence-electron chi connectivity index (χ0n) is 11.0. The first-order valence-electron chi connectivity index (χ1n) is 6.15. The van der Waals surface area contributed by atoms with Crippen molar-refractivity contribution < 1.29 is 10.0 Å². The molecular formula is C15H15ClN2O2. The second-order valence-corrected chi connectivity index (χ2v) is 4.81. The van der Waals surface area contributed by atoms with E-state index in [0.29, 0.717) is 5.02 Å². The molecule has 1 amide bonds. The number of carbonyl (C=O) groups excluding carboxylic acids is 1. The van der Waals surface area contributed by atoms with E-state index in [1.807, 2.05) is 49.4 Å². The summed E-state index contributed by atoms with van der Waals surface area (Å²) in [5.74, 6) is -0.456. The Morgan fingerprint density at radius 1 is 1.15 bits per heavy atom. The predicted octanol–water partition coefficient (Wildman–Crippen LogP) is 3.44. The van der Waals surface area contributed by atoms with Gasteiger partial charge in [-0.25, -0.2) is 5.48 Å². The van der Waals surface area contributed by atoms with E-state index in [0.717, 1.165) is 22.5 Å². The third-order valence-electron chi connectivity index (χ3n) is 3.03. The summed E-state index contributed by atoms with van der Waals surface area (Å²) in [6, 6.07) is 13.0. The van der Waals surface area contributed by atoms with Crippen molar-refractivity contribution in [1.29, 1.82) is 0 Å². The lowest BCUT2D eigenvalue weighted by atomic mass is 10.1. The van der Waals surface area contributed by atoms with Gasteiger partial charge < -0.3 is 5.32 Å². The van der Waals surface area contributed by atoms with Gasteiger partial charge in [-0.05, 0) is 36.2 Å². The summed E-state index contributed by atoms with van der Waals surface area (Å²) < 4.78 is 0. The van der Waals surface area contributed by atoms with Gasteiger partial charge in [0.2, 0.25) is 5.91 Å². The second-order valence-electron chi connectivity index (χ2n) is 4.41. The molecule has 104 valence electrons. The molecule has 0 bridgehead atoms. The Bertz CT molecular complexity index is 629. The number of hydroxylamine groups is 1. The second kappa shape index (κ2) is 6.41. The molecule has 2 aromatic carbocycles. The molecule has 0 aromatic heterocycles. The van der Waals surface area contributed by atoms with Crippen LogP contribution >= 0.6 is 11.6 Å². The summed E-state index contributed by atoms with van der Waals surface area (Å²) in [6.45, 7) is 1.92. The van der Waals surface area contributed by atoms with E-state index >= 15 is 0 Å². The zero-order valence-corrected chi connectivity index (χ0v) is 11.7. The quantitative estimate of drug-likeness (QED) is 0.597. The lowest BCUT2D eigenvalue weighted by Gasteiger charge is -2.14. The van der Waals surface area contributed by atoms with Gasteiger partial charge in [-0.2, -0.15) is 0 Å². The third-order valence-corrected chi connectivity index (χ3v) is 3.44. The summed E-state index contributed by atoms with van der Waals surface area (Å²) >= 11 is 6.09. The van der Waals surface area contributed by atoms with Gasteiger partial charge in [-0.15, -0.1) is 0 Å². The van der Waals surface area contributed by atoms with Crippen molar-refractivity contribution in [3.05, 3.63) is 58.6 Å². The Hall–Kier alpha value is -2.04. The van der Waals surface area contributed by atoms with Crippen molar-refractivity contribution in [2.45, 2.75) is 13.3 Å². The summed E-state index contributed by atoms with van der Waals surface area (Å²) in [6.07, 6.45) is 0.0965. The smallest absolute Gasteiger partial charge is 0.247 e. The van der Waals surface area contributed by atoms with Crippen LogP contribution in [0.3, 0.4) is 0 Å². The summed E-state index contributed by atoms with van der Waals surface area (Å²) in [5.41, 5.74) is 5.06. The van der Waals surface area contributed by atoms with Crippen LogP contribution in [-0.4, -0.2) is 11.1 Å². The Morgan fingerprint density at radius 3 is 2.60 bits per heavy atom. The normalized spacial score (nSPS) is 10.2. The molecule has 0 aliphatic rings. The molecule has 2 aromatic rings. The number of carbonyl (C=O) groups is 1. The van der Waals surface area contributed by atoms with Gasteiger partial charge in [0.1, 0.15) is 0 Å². The Balaban J connectivity index is 2.29. The average molecular weight is 291 g/mol. The molecule has 0 saturated carbocycles. The molecule has 0 atom stereocenters. The van der Waals surface area contributed by atoms with Crippen molar-refractivity contribution in [2.24, 2.45) is 0 Å². The average Bonchev–Trinajstić information content (AvgIpc) is 2.45. The molecule has 20 heavy (non-hydrogen) atoms. The van der Waals surface area contributed by atoms with Crippen LogP contribution in [0.15, 0.2) is 42.5 Å². The topological polar surface area (TPSA) is 61.4 Å². The van der Waals surface area contributed by atoms with Crippen molar-refractivity contribution in [3.8, 4) is 0 Å². The van der Waals surface area contributed by atoms with Crippen LogP contribution in [0, 0.1) is 6.92 Å². The van der Waals surface area contributed by atoms with Crippen LogP contribution < -0.4 is 10.8 Å². The number of hydrogen-bond acceptors (Lipinski definition) is 3. The minimum atomic E-state index is -0.456. The lowest BCUT2D eigenvalue weighted by molar-refractivity contribution is -0.128. The molecule has 0 unspecified atom stereocenters. The molecule has 4 nitrogen and oxygen atoms in total. The molecular weight excluding hydrogens is 276 g/mol. The molecule has 3 N–H and O–H groups in total. The standard InChI is InChI=1S/C15H15ClN2O2/c1-10-12(16)6-4-8-13(10)17-14-7-3-2-5-11(14)9-15(19)18-20/h2-8,17,20H,9H2,1H3,(H,18,19). The van der Waals surface area contributed by atoms with Gasteiger partial charge in [0.05, 0.1) is 6.42 Å². The first-order chi connectivity index (χ1) is 9.61. The SMILES string of the molecule is Cc1c(Cl)cccc1Nc1ccccc1CC(=O)NO. The van der Waals surface area contributed by atoms with Gasteiger partial charge in [-0.1, -0.05) is 35.9 Å². The largest absolute Gasteiger partial charge is 0.355 e. The fourth-order valence-corrected chi connectivity index (χ4v) is 2.07. The Kier molecular flexibility index (Phi) is 4.61. The van der Waals surface area contributed by atoms with Crippen molar-refractivity contribution in [1.82, 2.24) is 5.48 Å². The maximum atomic E-state index is 11.3. The minimum Gasteiger partial charge on any atom is -0.355 e. The molecule has 0 spiro atoms. The van der Waals surface area contributed by atoms with E-state index in [2.05, 4.69) is 5.32 Å². The number of benzene rings is 2. The number of anilines is 2. The summed E-state index contributed by atoms with van der Waals surface area (Å²) in [5, 5.41) is 12.6. The summed E-state index contributed by atoms with van der Waals surface area (Å²) in [4.78, 5) is 11.3. The van der Waals surface area contributed by atoms with E-state index < -0.39 is 5.91 Å². The van der Waals surface area contributed by atoms with Gasteiger partial charge >= 0.3 is 0 Å². The lowest BCUT2D eigenvalue weighted by Crippen LogP contribution is -2.21. The van der Waals surface area contributed by atoms with Crippen LogP contribution in [0.1, 0.15) is 11.1 Å². The van der Waals surface area contributed by atoms with Crippen LogP contribution in [0.2, 0.25) is 5.02 Å². The molecule has 5 heteroatoms. The van der Waals surface area contributed by atoms with Crippen molar-refractivity contribution in [2.75, 3.05) is 5.32 Å². The van der Waals surface area contributed by atoms with E-state index in [-0.39, 0.29) is 6.42 Å². The molecule has 0 aliphatic heterocycles. The van der Waals surface area contributed by atoms with Crippen LogP contribution in [-0.2, 0) is 11.2 Å². The van der Waals surface area contributed by atoms with Gasteiger partial charge in [-0.3, -0.25) is 10.0 Å². The van der Waals surface area contributed by atoms with Crippen LogP contribution in [0.5, 0.6) is 0 Å². The molecule has 0 heterocycles. The molecule has 0 radical (unpaired) electrons. The molecule has 0 saturated heterocycles. The molecule has 2 rings (SSSR count). The highest BCUT2D eigenvalue weighted by molar-refractivity contribution is 6.31. The van der Waals surface area contributed by atoms with Crippen LogP contribution in [0.4, 0.5) is 11.4 Å². The number of nitrogens with one attached hydrogen (secondary N) is 2. The summed E-state index contributed by atoms with van der Waals surface area (Å²) in [7, 11) is 0. The monoisotopic (exact) mass is 290 g/mol. The number of rotatable bonds is 4. The van der Waals surface area contributed by atoms with Gasteiger partial charge in [0.15, 0.2) is 0 Å². The number of halogens is 1. The van der Waals surface area contributed by atoms with E-state index in [1.54, 1.807) is 5.48 Å². The maximum absolute atomic E-state index is 11.3. The molecule has 0 aliphatic carbocycles. The Morgan fingerprint density at radius 2 is 1.85 bits per heavy atom. The third kappa shape index (κ3) is 3.29.